The third-order valence-corrected chi connectivity index (χ3v) is 4.73. The fraction of sp³-hybridized carbons (Fsp3) is 0.588. The first-order valence-corrected chi connectivity index (χ1v) is 8.22. The molecule has 21 heavy (non-hydrogen) atoms. The SMILES string of the molecule is CC(C)N1CCC(N(C)C(=O)c2cccc(CCl)c2)CC1. The minimum absolute atomic E-state index is 0.102. The van der Waals surface area contributed by atoms with Crippen LogP contribution in [0.2, 0.25) is 0 Å². The molecule has 0 bridgehead atoms. The number of nitrogens with zero attached hydrogens (tertiary/aromatic N) is 2. The number of alkyl halides is 1. The predicted octanol–water partition coefficient (Wildman–Crippen LogP) is 3.37. The van der Waals surface area contributed by atoms with E-state index >= 15 is 0 Å². The Bertz CT molecular complexity index is 481. The highest BCUT2D eigenvalue weighted by atomic mass is 35.5. The second-order valence-electron chi connectivity index (χ2n) is 6.11. The molecular formula is C17H25ClN2O. The van der Waals surface area contributed by atoms with Gasteiger partial charge >= 0.3 is 0 Å². The highest BCUT2D eigenvalue weighted by Gasteiger charge is 2.26. The predicted molar refractivity (Wildman–Crippen MR) is 87.8 cm³/mol. The lowest BCUT2D eigenvalue weighted by atomic mass is 10.0. The fourth-order valence-corrected chi connectivity index (χ4v) is 3.11. The number of likely N-dealkylation sites (tertiary alicyclic amines) is 1. The maximum atomic E-state index is 12.6. The Morgan fingerprint density at radius 3 is 2.62 bits per heavy atom. The second-order valence-corrected chi connectivity index (χ2v) is 6.38. The van der Waals surface area contributed by atoms with Crippen LogP contribution in [0.1, 0.15) is 42.6 Å². The zero-order chi connectivity index (χ0) is 15.4. The molecule has 1 aliphatic heterocycles. The molecule has 4 heteroatoms. The molecule has 1 aliphatic rings. The third-order valence-electron chi connectivity index (χ3n) is 4.43. The number of amides is 1. The van der Waals surface area contributed by atoms with Crippen LogP contribution in [-0.4, -0.2) is 47.9 Å². The van der Waals surface area contributed by atoms with Crippen LogP contribution in [0, 0.1) is 0 Å². The zero-order valence-electron chi connectivity index (χ0n) is 13.2. The molecule has 0 radical (unpaired) electrons. The number of halogens is 1. The van der Waals surface area contributed by atoms with E-state index in [1.54, 1.807) is 0 Å². The van der Waals surface area contributed by atoms with Crippen LogP contribution < -0.4 is 0 Å². The Hall–Kier alpha value is -1.06. The fourth-order valence-electron chi connectivity index (χ4n) is 2.95. The van der Waals surface area contributed by atoms with Gasteiger partial charge < -0.3 is 9.80 Å². The summed E-state index contributed by atoms with van der Waals surface area (Å²) >= 11 is 5.85. The minimum Gasteiger partial charge on any atom is -0.339 e. The summed E-state index contributed by atoms with van der Waals surface area (Å²) in [5.74, 6) is 0.544. The minimum atomic E-state index is 0.102. The molecule has 0 aromatic heterocycles. The summed E-state index contributed by atoms with van der Waals surface area (Å²) in [6.45, 7) is 6.60. The standard InChI is InChI=1S/C17H25ClN2O/c1-13(2)20-9-7-16(8-10-20)19(3)17(21)15-6-4-5-14(11-15)12-18/h4-6,11,13,16H,7-10,12H2,1-3H3. The van der Waals surface area contributed by atoms with Gasteiger partial charge in [0.25, 0.3) is 5.91 Å². The largest absolute Gasteiger partial charge is 0.339 e. The number of carbonyl (C=O) groups excluding carboxylic acids is 1. The number of rotatable bonds is 4. The summed E-state index contributed by atoms with van der Waals surface area (Å²) < 4.78 is 0. The topological polar surface area (TPSA) is 23.6 Å². The lowest BCUT2D eigenvalue weighted by molar-refractivity contribution is 0.0615. The van der Waals surface area contributed by atoms with Crippen molar-refractivity contribution in [1.82, 2.24) is 9.80 Å². The summed E-state index contributed by atoms with van der Waals surface area (Å²) in [4.78, 5) is 17.0. The van der Waals surface area contributed by atoms with E-state index in [2.05, 4.69) is 18.7 Å². The molecule has 2 rings (SSSR count). The molecule has 0 saturated carbocycles. The molecule has 1 fully saturated rings. The summed E-state index contributed by atoms with van der Waals surface area (Å²) in [7, 11) is 1.92. The van der Waals surface area contributed by atoms with Crippen LogP contribution in [0.4, 0.5) is 0 Å². The highest BCUT2D eigenvalue weighted by Crippen LogP contribution is 2.19. The Morgan fingerprint density at radius 1 is 1.38 bits per heavy atom. The van der Waals surface area contributed by atoms with Gasteiger partial charge in [0, 0.05) is 43.7 Å². The zero-order valence-corrected chi connectivity index (χ0v) is 13.9. The summed E-state index contributed by atoms with van der Waals surface area (Å²) in [6.07, 6.45) is 2.10. The molecule has 1 aromatic rings. The van der Waals surface area contributed by atoms with Crippen LogP contribution in [0.25, 0.3) is 0 Å². The average molecular weight is 309 g/mol. The van der Waals surface area contributed by atoms with Crippen LogP contribution in [0.15, 0.2) is 24.3 Å². The molecule has 1 amide bonds. The van der Waals surface area contributed by atoms with Gasteiger partial charge in [-0.25, -0.2) is 0 Å². The van der Waals surface area contributed by atoms with Crippen molar-refractivity contribution in [3.8, 4) is 0 Å². The van der Waals surface area contributed by atoms with Crippen molar-refractivity contribution in [2.45, 2.75) is 44.7 Å². The maximum absolute atomic E-state index is 12.6. The van der Waals surface area contributed by atoms with Crippen LogP contribution in [0.5, 0.6) is 0 Å². The molecule has 1 saturated heterocycles. The molecule has 116 valence electrons. The lowest BCUT2D eigenvalue weighted by Gasteiger charge is -2.38. The van der Waals surface area contributed by atoms with Crippen molar-refractivity contribution < 1.29 is 4.79 Å². The number of carbonyl (C=O) groups is 1. The van der Waals surface area contributed by atoms with Crippen molar-refractivity contribution in [1.29, 1.82) is 0 Å². The van der Waals surface area contributed by atoms with Gasteiger partial charge in [-0.3, -0.25) is 4.79 Å². The normalized spacial score (nSPS) is 17.2. The Morgan fingerprint density at radius 2 is 2.05 bits per heavy atom. The van der Waals surface area contributed by atoms with Crippen LogP contribution in [0.3, 0.4) is 0 Å². The van der Waals surface area contributed by atoms with Gasteiger partial charge in [0.1, 0.15) is 0 Å². The molecule has 3 nitrogen and oxygen atoms in total. The first kappa shape index (κ1) is 16.3. The van der Waals surface area contributed by atoms with Gasteiger partial charge in [0.05, 0.1) is 0 Å². The molecule has 1 aromatic carbocycles. The van der Waals surface area contributed by atoms with Gasteiger partial charge in [0.2, 0.25) is 0 Å². The lowest BCUT2D eigenvalue weighted by Crippen LogP contribution is -2.47. The van der Waals surface area contributed by atoms with Crippen molar-refractivity contribution in [2.75, 3.05) is 20.1 Å². The van der Waals surface area contributed by atoms with Gasteiger partial charge in [-0.2, -0.15) is 0 Å². The Labute approximate surface area is 132 Å². The molecule has 0 spiro atoms. The van der Waals surface area contributed by atoms with Gasteiger partial charge in [-0.05, 0) is 44.4 Å². The van der Waals surface area contributed by atoms with E-state index < -0.39 is 0 Å². The van der Waals surface area contributed by atoms with E-state index in [-0.39, 0.29) is 5.91 Å². The molecule has 0 unspecified atom stereocenters. The summed E-state index contributed by atoms with van der Waals surface area (Å²) in [6, 6.07) is 8.55. The number of benzene rings is 1. The summed E-state index contributed by atoms with van der Waals surface area (Å²) in [5, 5.41) is 0. The van der Waals surface area contributed by atoms with Gasteiger partial charge in [0.15, 0.2) is 0 Å². The van der Waals surface area contributed by atoms with Crippen molar-refractivity contribution in [2.24, 2.45) is 0 Å². The average Bonchev–Trinajstić information content (AvgIpc) is 2.53. The monoisotopic (exact) mass is 308 g/mol. The number of piperidine rings is 1. The molecule has 0 atom stereocenters. The molecule has 0 aliphatic carbocycles. The van der Waals surface area contributed by atoms with Crippen LogP contribution >= 0.6 is 11.6 Å². The second kappa shape index (κ2) is 7.28. The van der Waals surface area contributed by atoms with Crippen LogP contribution in [-0.2, 0) is 5.88 Å². The first-order valence-electron chi connectivity index (χ1n) is 7.69. The first-order chi connectivity index (χ1) is 10.0. The van der Waals surface area contributed by atoms with Gasteiger partial charge in [-0.1, -0.05) is 12.1 Å². The molecule has 0 N–H and O–H groups in total. The van der Waals surface area contributed by atoms with E-state index in [0.29, 0.717) is 18.0 Å². The number of hydrogen-bond acceptors (Lipinski definition) is 2. The van der Waals surface area contributed by atoms with Crippen molar-refractivity contribution >= 4 is 17.5 Å². The van der Waals surface area contributed by atoms with E-state index in [0.717, 1.165) is 37.1 Å². The Balaban J connectivity index is 1.99. The summed E-state index contributed by atoms with van der Waals surface area (Å²) in [5.41, 5.74) is 1.73. The van der Waals surface area contributed by atoms with Crippen molar-refractivity contribution in [3.05, 3.63) is 35.4 Å². The number of hydrogen-bond donors (Lipinski definition) is 0. The van der Waals surface area contributed by atoms with E-state index in [1.165, 1.54) is 0 Å². The quantitative estimate of drug-likeness (QED) is 0.796. The molecular weight excluding hydrogens is 284 g/mol. The highest BCUT2D eigenvalue weighted by molar-refractivity contribution is 6.17. The molecule has 1 heterocycles. The van der Waals surface area contributed by atoms with Crippen molar-refractivity contribution in [3.63, 3.8) is 0 Å². The van der Waals surface area contributed by atoms with Gasteiger partial charge in [-0.15, -0.1) is 11.6 Å². The van der Waals surface area contributed by atoms with E-state index in [9.17, 15) is 4.79 Å². The Kier molecular flexibility index (Phi) is 5.65. The van der Waals surface area contributed by atoms with E-state index in [4.69, 9.17) is 11.6 Å². The maximum Gasteiger partial charge on any atom is 0.253 e. The smallest absolute Gasteiger partial charge is 0.253 e. The van der Waals surface area contributed by atoms with E-state index in [1.807, 2.05) is 36.2 Å². The third kappa shape index (κ3) is 3.98.